The van der Waals surface area contributed by atoms with Gasteiger partial charge in [-0.05, 0) is 43.5 Å². The first-order valence-corrected chi connectivity index (χ1v) is 7.22. The quantitative estimate of drug-likeness (QED) is 0.898. The Labute approximate surface area is 127 Å². The number of carboxylic acid groups (broad SMARTS) is 1. The first kappa shape index (κ1) is 14.5. The molecule has 116 valence electrons. The number of aromatic nitrogens is 3. The van der Waals surface area contributed by atoms with Crippen LogP contribution in [0.1, 0.15) is 35.5 Å². The van der Waals surface area contributed by atoms with Gasteiger partial charge in [-0.25, -0.2) is 9.89 Å². The van der Waals surface area contributed by atoms with Crippen molar-refractivity contribution < 1.29 is 14.6 Å². The van der Waals surface area contributed by atoms with Gasteiger partial charge in [0.2, 0.25) is 5.69 Å². The maximum absolute atomic E-state index is 11.0. The topological polar surface area (TPSA) is 91.3 Å². The molecule has 0 amide bonds. The maximum Gasteiger partial charge on any atom is 0.359 e. The van der Waals surface area contributed by atoms with Gasteiger partial charge < -0.3 is 9.84 Å². The lowest BCUT2D eigenvalue weighted by molar-refractivity contribution is 0.0687. The molecule has 3 rings (SSSR count). The zero-order chi connectivity index (χ0) is 15.7. The summed E-state index contributed by atoms with van der Waals surface area (Å²) in [4.78, 5) is 13.4. The molecule has 0 bridgehead atoms. The molecule has 0 radical (unpaired) electrons. The summed E-state index contributed by atoms with van der Waals surface area (Å²) in [6.07, 6.45) is 1.01. The normalized spacial score (nSPS) is 14.9. The summed E-state index contributed by atoms with van der Waals surface area (Å²) in [5.41, 5.74) is 2.36. The average Bonchev–Trinajstić information content (AvgIpc) is 2.94. The summed E-state index contributed by atoms with van der Waals surface area (Å²) in [7, 11) is 0. The van der Waals surface area contributed by atoms with Gasteiger partial charge in [-0.2, -0.15) is 0 Å². The van der Waals surface area contributed by atoms with Crippen molar-refractivity contribution >= 4 is 5.97 Å². The van der Waals surface area contributed by atoms with E-state index < -0.39 is 5.97 Å². The van der Waals surface area contributed by atoms with Crippen molar-refractivity contribution in [2.24, 2.45) is 0 Å². The molecule has 0 saturated heterocycles. The fourth-order valence-corrected chi connectivity index (χ4v) is 2.60. The molecule has 0 saturated carbocycles. The third-order valence-corrected chi connectivity index (χ3v) is 3.89. The van der Waals surface area contributed by atoms with Crippen LogP contribution in [0.2, 0.25) is 0 Å². The number of carbonyl (C=O) groups is 1. The average molecular weight is 302 g/mol. The van der Waals surface area contributed by atoms with E-state index in [0.29, 0.717) is 11.8 Å². The van der Waals surface area contributed by atoms with E-state index >= 15 is 0 Å². The lowest BCUT2D eigenvalue weighted by Crippen LogP contribution is -2.35. The molecule has 7 nitrogen and oxygen atoms in total. The van der Waals surface area contributed by atoms with Crippen molar-refractivity contribution in [1.82, 2.24) is 20.3 Å². The van der Waals surface area contributed by atoms with E-state index in [1.165, 1.54) is 11.1 Å². The van der Waals surface area contributed by atoms with Gasteiger partial charge in [0.05, 0.1) is 0 Å². The zero-order valence-corrected chi connectivity index (χ0v) is 12.5. The molecular formula is C15H18N4O3. The van der Waals surface area contributed by atoms with E-state index in [2.05, 4.69) is 34.2 Å². The monoisotopic (exact) mass is 302 g/mol. The Hall–Kier alpha value is -2.41. The molecule has 2 heterocycles. The Morgan fingerprint density at radius 3 is 2.95 bits per heavy atom. The molecule has 0 unspecified atom stereocenters. The highest BCUT2D eigenvalue weighted by Crippen LogP contribution is 2.28. The smallest absolute Gasteiger partial charge is 0.359 e. The molecule has 1 aliphatic heterocycles. The standard InChI is InChI=1S/C15H18N4O3/c1-9(2)19-6-5-10-3-4-12(7-11(10)8-19)22-14-13(15(20)21)16-18-17-14/h3-4,7,9H,5-6,8H2,1-2H3,(H,20,21)(H,16,17,18). The van der Waals surface area contributed by atoms with Crippen molar-refractivity contribution in [1.29, 1.82) is 0 Å². The fraction of sp³-hybridized carbons (Fsp3) is 0.400. The van der Waals surface area contributed by atoms with Gasteiger partial charge in [-0.15, -0.1) is 0 Å². The van der Waals surface area contributed by atoms with Crippen LogP contribution in [0.25, 0.3) is 0 Å². The van der Waals surface area contributed by atoms with Crippen molar-refractivity contribution in [3.8, 4) is 11.6 Å². The van der Waals surface area contributed by atoms with Gasteiger partial charge in [-0.3, -0.25) is 4.90 Å². The molecule has 2 aromatic rings. The summed E-state index contributed by atoms with van der Waals surface area (Å²) >= 11 is 0. The Morgan fingerprint density at radius 1 is 1.41 bits per heavy atom. The number of benzene rings is 1. The second-order valence-electron chi connectivity index (χ2n) is 5.64. The van der Waals surface area contributed by atoms with Crippen LogP contribution < -0.4 is 4.74 Å². The van der Waals surface area contributed by atoms with Crippen molar-refractivity contribution in [3.63, 3.8) is 0 Å². The van der Waals surface area contributed by atoms with E-state index in [1.807, 2.05) is 18.2 Å². The molecule has 22 heavy (non-hydrogen) atoms. The highest BCUT2D eigenvalue weighted by Gasteiger charge is 2.20. The first-order chi connectivity index (χ1) is 10.5. The Balaban J connectivity index is 1.83. The summed E-state index contributed by atoms with van der Waals surface area (Å²) in [6, 6.07) is 6.31. The van der Waals surface area contributed by atoms with Crippen LogP contribution in [0.5, 0.6) is 11.6 Å². The SMILES string of the molecule is CC(C)N1CCc2ccc(Oc3nn[nH]c3C(=O)O)cc2C1. The molecular weight excluding hydrogens is 284 g/mol. The summed E-state index contributed by atoms with van der Waals surface area (Å²) in [5.74, 6) is -0.603. The molecule has 0 spiro atoms. The second-order valence-corrected chi connectivity index (χ2v) is 5.64. The number of carboxylic acids is 1. The molecule has 0 atom stereocenters. The molecule has 1 aliphatic rings. The minimum absolute atomic E-state index is 0.0241. The second kappa shape index (κ2) is 5.76. The van der Waals surface area contributed by atoms with Crippen LogP contribution in [-0.4, -0.2) is 44.0 Å². The lowest BCUT2D eigenvalue weighted by atomic mass is 9.98. The van der Waals surface area contributed by atoms with Crippen LogP contribution in [0.4, 0.5) is 0 Å². The number of aromatic carboxylic acids is 1. The molecule has 0 aliphatic carbocycles. The predicted molar refractivity (Wildman–Crippen MR) is 79.1 cm³/mol. The van der Waals surface area contributed by atoms with Crippen molar-refractivity contribution in [2.45, 2.75) is 32.9 Å². The number of H-pyrrole nitrogens is 1. The number of hydrogen-bond donors (Lipinski definition) is 2. The van der Waals surface area contributed by atoms with Gasteiger partial charge in [0.25, 0.3) is 5.88 Å². The van der Waals surface area contributed by atoms with E-state index in [4.69, 9.17) is 9.84 Å². The minimum atomic E-state index is -1.15. The van der Waals surface area contributed by atoms with Gasteiger partial charge >= 0.3 is 5.97 Å². The Morgan fingerprint density at radius 2 is 2.23 bits per heavy atom. The predicted octanol–water partition coefficient (Wildman–Crippen LogP) is 2.06. The maximum atomic E-state index is 11.0. The highest BCUT2D eigenvalue weighted by molar-refractivity contribution is 5.87. The molecule has 7 heteroatoms. The molecule has 2 N–H and O–H groups in total. The van der Waals surface area contributed by atoms with Crippen LogP contribution in [0.3, 0.4) is 0 Å². The van der Waals surface area contributed by atoms with Crippen LogP contribution >= 0.6 is 0 Å². The number of fused-ring (bicyclic) bond motifs is 1. The number of aromatic amines is 1. The molecule has 1 aromatic carbocycles. The summed E-state index contributed by atoms with van der Waals surface area (Å²) in [5, 5.41) is 18.5. The fourth-order valence-electron chi connectivity index (χ4n) is 2.60. The highest BCUT2D eigenvalue weighted by atomic mass is 16.5. The van der Waals surface area contributed by atoms with Crippen LogP contribution in [0.15, 0.2) is 18.2 Å². The number of rotatable bonds is 4. The Bertz CT molecular complexity index is 696. The molecule has 0 fully saturated rings. The third-order valence-electron chi connectivity index (χ3n) is 3.89. The van der Waals surface area contributed by atoms with E-state index in [-0.39, 0.29) is 11.6 Å². The van der Waals surface area contributed by atoms with E-state index in [9.17, 15) is 4.79 Å². The van der Waals surface area contributed by atoms with E-state index in [0.717, 1.165) is 19.5 Å². The summed E-state index contributed by atoms with van der Waals surface area (Å²) in [6.45, 7) is 6.28. The van der Waals surface area contributed by atoms with Crippen molar-refractivity contribution in [3.05, 3.63) is 35.0 Å². The van der Waals surface area contributed by atoms with Gasteiger partial charge in [0, 0.05) is 19.1 Å². The van der Waals surface area contributed by atoms with Crippen LogP contribution in [0, 0.1) is 0 Å². The van der Waals surface area contributed by atoms with Crippen molar-refractivity contribution in [2.75, 3.05) is 6.54 Å². The van der Waals surface area contributed by atoms with Gasteiger partial charge in [-0.1, -0.05) is 16.4 Å². The number of ether oxygens (including phenoxy) is 1. The number of nitrogens with one attached hydrogen (secondary N) is 1. The molecule has 1 aromatic heterocycles. The number of hydrogen-bond acceptors (Lipinski definition) is 5. The van der Waals surface area contributed by atoms with Crippen LogP contribution in [-0.2, 0) is 13.0 Å². The number of nitrogens with zero attached hydrogens (tertiary/aromatic N) is 3. The van der Waals surface area contributed by atoms with E-state index in [1.54, 1.807) is 0 Å². The third kappa shape index (κ3) is 2.80. The first-order valence-electron chi connectivity index (χ1n) is 7.22. The summed E-state index contributed by atoms with van der Waals surface area (Å²) < 4.78 is 5.57. The lowest BCUT2D eigenvalue weighted by Gasteiger charge is -2.32. The largest absolute Gasteiger partial charge is 0.476 e. The van der Waals surface area contributed by atoms with Gasteiger partial charge in [0.15, 0.2) is 0 Å². The minimum Gasteiger partial charge on any atom is -0.476 e. The Kier molecular flexibility index (Phi) is 3.81. The van der Waals surface area contributed by atoms with Gasteiger partial charge in [0.1, 0.15) is 5.75 Å². The zero-order valence-electron chi connectivity index (χ0n) is 12.5.